The van der Waals surface area contributed by atoms with Gasteiger partial charge in [0.25, 0.3) is 5.91 Å². The molecule has 2 aromatic rings. The van der Waals surface area contributed by atoms with Gasteiger partial charge in [0.05, 0.1) is 5.71 Å². The zero-order valence-electron chi connectivity index (χ0n) is 13.4. The maximum atomic E-state index is 11.8. The summed E-state index contributed by atoms with van der Waals surface area (Å²) in [7, 11) is 0. The van der Waals surface area contributed by atoms with Crippen LogP contribution in [0.25, 0.3) is 0 Å². The number of hydrogen-bond donors (Lipinski definition) is 1. The highest BCUT2D eigenvalue weighted by Crippen LogP contribution is 2.25. The van der Waals surface area contributed by atoms with Crippen LogP contribution >= 0.6 is 11.6 Å². The van der Waals surface area contributed by atoms with Crippen LogP contribution in [0.15, 0.2) is 47.6 Å². The van der Waals surface area contributed by atoms with Gasteiger partial charge in [-0.15, -0.1) is 0 Å². The van der Waals surface area contributed by atoms with E-state index < -0.39 is 0 Å². The minimum atomic E-state index is -0.314. The zero-order valence-corrected chi connectivity index (χ0v) is 14.1. The molecule has 0 saturated carbocycles. The van der Waals surface area contributed by atoms with Crippen molar-refractivity contribution >= 4 is 23.2 Å². The highest BCUT2D eigenvalue weighted by molar-refractivity contribution is 6.32. The average molecular weight is 331 g/mol. The third-order valence-corrected chi connectivity index (χ3v) is 3.92. The third-order valence-electron chi connectivity index (χ3n) is 3.32. The number of benzene rings is 2. The molecule has 0 radical (unpaired) electrons. The van der Waals surface area contributed by atoms with Gasteiger partial charge in [-0.25, -0.2) is 5.43 Å². The van der Waals surface area contributed by atoms with Crippen LogP contribution in [0.4, 0.5) is 0 Å². The lowest BCUT2D eigenvalue weighted by molar-refractivity contribution is -0.123. The monoisotopic (exact) mass is 330 g/mol. The summed E-state index contributed by atoms with van der Waals surface area (Å²) in [6.45, 7) is 5.53. The van der Waals surface area contributed by atoms with Crippen molar-refractivity contribution in [2.75, 3.05) is 6.61 Å². The first-order chi connectivity index (χ1) is 11.0. The molecule has 0 aliphatic heterocycles. The largest absolute Gasteiger partial charge is 0.484 e. The van der Waals surface area contributed by atoms with Crippen molar-refractivity contribution in [2.45, 2.75) is 20.8 Å². The summed E-state index contributed by atoms with van der Waals surface area (Å²) >= 11 is 6.10. The molecule has 23 heavy (non-hydrogen) atoms. The lowest BCUT2D eigenvalue weighted by Gasteiger charge is -2.09. The summed E-state index contributed by atoms with van der Waals surface area (Å²) in [5.74, 6) is 0.300. The lowest BCUT2D eigenvalue weighted by Crippen LogP contribution is -2.25. The predicted molar refractivity (Wildman–Crippen MR) is 93.2 cm³/mol. The number of hydrogen-bond acceptors (Lipinski definition) is 3. The summed E-state index contributed by atoms with van der Waals surface area (Å²) < 4.78 is 5.48. The molecule has 0 bridgehead atoms. The van der Waals surface area contributed by atoms with Crippen molar-refractivity contribution in [3.63, 3.8) is 0 Å². The molecule has 120 valence electrons. The van der Waals surface area contributed by atoms with Crippen LogP contribution in [0.3, 0.4) is 0 Å². The Balaban J connectivity index is 1.91. The Bertz CT molecular complexity index is 704. The van der Waals surface area contributed by atoms with Crippen LogP contribution in [0.5, 0.6) is 5.75 Å². The van der Waals surface area contributed by atoms with Gasteiger partial charge in [-0.05, 0) is 49.6 Å². The molecular formula is C18H19ClN2O2. The average Bonchev–Trinajstić information content (AvgIpc) is 2.56. The number of ether oxygens (including phenoxy) is 1. The number of nitrogens with zero attached hydrogens (tertiary/aromatic N) is 1. The lowest BCUT2D eigenvalue weighted by atomic mass is 10.1. The number of rotatable bonds is 5. The molecule has 0 heterocycles. The zero-order chi connectivity index (χ0) is 16.8. The maximum Gasteiger partial charge on any atom is 0.277 e. The standard InChI is InChI=1S/C18H19ClN2O2/c1-12-9-16(10-13(2)18(12)19)23-11-17(22)21-20-14(3)15-7-5-4-6-8-15/h4-10H,11H2,1-3H3,(H,21,22). The van der Waals surface area contributed by atoms with Gasteiger partial charge in [-0.2, -0.15) is 5.10 Å². The van der Waals surface area contributed by atoms with Crippen molar-refractivity contribution in [1.82, 2.24) is 5.43 Å². The topological polar surface area (TPSA) is 50.7 Å². The van der Waals surface area contributed by atoms with Gasteiger partial charge in [-0.3, -0.25) is 4.79 Å². The second kappa shape index (κ2) is 7.79. The van der Waals surface area contributed by atoms with E-state index in [4.69, 9.17) is 16.3 Å². The SMILES string of the molecule is CC(=NNC(=O)COc1cc(C)c(Cl)c(C)c1)c1ccccc1. The Morgan fingerprint density at radius 3 is 2.39 bits per heavy atom. The molecule has 0 fully saturated rings. The molecule has 0 spiro atoms. The normalized spacial score (nSPS) is 11.2. The van der Waals surface area contributed by atoms with Gasteiger partial charge in [-0.1, -0.05) is 41.9 Å². The summed E-state index contributed by atoms with van der Waals surface area (Å²) in [5.41, 5.74) is 6.01. The van der Waals surface area contributed by atoms with Crippen molar-refractivity contribution in [3.8, 4) is 5.75 Å². The van der Waals surface area contributed by atoms with Crippen molar-refractivity contribution < 1.29 is 9.53 Å². The summed E-state index contributed by atoms with van der Waals surface area (Å²) in [6, 6.07) is 13.2. The van der Waals surface area contributed by atoms with Crippen LogP contribution in [-0.2, 0) is 4.79 Å². The first-order valence-electron chi connectivity index (χ1n) is 7.25. The van der Waals surface area contributed by atoms with Gasteiger partial charge in [0.1, 0.15) is 5.75 Å². The molecule has 4 nitrogen and oxygen atoms in total. The minimum Gasteiger partial charge on any atom is -0.484 e. The molecule has 2 aromatic carbocycles. The Labute approximate surface area is 141 Å². The second-order valence-corrected chi connectivity index (χ2v) is 5.64. The number of amides is 1. The fourth-order valence-electron chi connectivity index (χ4n) is 2.06. The Morgan fingerprint density at radius 2 is 1.78 bits per heavy atom. The molecular weight excluding hydrogens is 312 g/mol. The van der Waals surface area contributed by atoms with Crippen LogP contribution < -0.4 is 10.2 Å². The van der Waals surface area contributed by atoms with E-state index in [-0.39, 0.29) is 12.5 Å². The first-order valence-corrected chi connectivity index (χ1v) is 7.63. The molecule has 1 N–H and O–H groups in total. The van der Waals surface area contributed by atoms with Gasteiger partial charge >= 0.3 is 0 Å². The van der Waals surface area contributed by atoms with Crippen molar-refractivity contribution in [3.05, 3.63) is 64.2 Å². The second-order valence-electron chi connectivity index (χ2n) is 5.26. The molecule has 0 aliphatic rings. The molecule has 0 aromatic heterocycles. The number of carbonyl (C=O) groups excluding carboxylic acids is 1. The van der Waals surface area contributed by atoms with E-state index in [0.717, 1.165) is 22.4 Å². The predicted octanol–water partition coefficient (Wildman–Crippen LogP) is 3.88. The fourth-order valence-corrected chi connectivity index (χ4v) is 2.17. The van der Waals surface area contributed by atoms with Crippen LogP contribution in [0, 0.1) is 13.8 Å². The van der Waals surface area contributed by atoms with E-state index in [1.54, 1.807) is 12.1 Å². The highest BCUT2D eigenvalue weighted by atomic mass is 35.5. The number of aryl methyl sites for hydroxylation is 2. The third kappa shape index (κ3) is 4.83. The van der Waals surface area contributed by atoms with E-state index in [2.05, 4.69) is 10.5 Å². The first kappa shape index (κ1) is 17.0. The van der Waals surface area contributed by atoms with E-state index in [0.29, 0.717) is 10.8 Å². The van der Waals surface area contributed by atoms with E-state index >= 15 is 0 Å². The highest BCUT2D eigenvalue weighted by Gasteiger charge is 2.06. The van der Waals surface area contributed by atoms with Crippen molar-refractivity contribution in [2.24, 2.45) is 5.10 Å². The molecule has 2 rings (SSSR count). The quantitative estimate of drug-likeness (QED) is 0.668. The molecule has 0 aliphatic carbocycles. The number of hydrazone groups is 1. The molecule has 1 amide bonds. The molecule has 0 saturated heterocycles. The van der Waals surface area contributed by atoms with E-state index in [9.17, 15) is 4.79 Å². The van der Waals surface area contributed by atoms with Gasteiger partial charge in [0.15, 0.2) is 6.61 Å². The summed E-state index contributed by atoms with van der Waals surface area (Å²) in [6.07, 6.45) is 0. The van der Waals surface area contributed by atoms with Crippen LogP contribution in [0.2, 0.25) is 5.02 Å². The minimum absolute atomic E-state index is 0.105. The smallest absolute Gasteiger partial charge is 0.277 e. The van der Waals surface area contributed by atoms with Crippen LogP contribution in [-0.4, -0.2) is 18.2 Å². The number of carbonyl (C=O) groups is 1. The summed E-state index contributed by atoms with van der Waals surface area (Å²) in [5, 5.41) is 4.78. The van der Waals surface area contributed by atoms with Gasteiger partial charge < -0.3 is 4.74 Å². The Kier molecular flexibility index (Phi) is 5.77. The van der Waals surface area contributed by atoms with Crippen molar-refractivity contribution in [1.29, 1.82) is 0 Å². The molecule has 0 atom stereocenters. The van der Waals surface area contributed by atoms with E-state index in [1.165, 1.54) is 0 Å². The Morgan fingerprint density at radius 1 is 1.17 bits per heavy atom. The van der Waals surface area contributed by atoms with Gasteiger partial charge in [0, 0.05) is 5.02 Å². The summed E-state index contributed by atoms with van der Waals surface area (Å²) in [4.78, 5) is 11.8. The fraction of sp³-hybridized carbons (Fsp3) is 0.222. The van der Waals surface area contributed by atoms with E-state index in [1.807, 2.05) is 51.1 Å². The van der Waals surface area contributed by atoms with Crippen LogP contribution in [0.1, 0.15) is 23.6 Å². The van der Waals surface area contributed by atoms with Gasteiger partial charge in [0.2, 0.25) is 0 Å². The number of nitrogens with one attached hydrogen (secondary N) is 1. The molecule has 0 unspecified atom stereocenters. The number of halogens is 1. The Hall–Kier alpha value is -2.33. The molecule has 5 heteroatoms. The maximum absolute atomic E-state index is 11.8.